The molecule has 4 aliphatic rings. The number of amides is 1. The van der Waals surface area contributed by atoms with Gasteiger partial charge in [0.1, 0.15) is 5.38 Å². The summed E-state index contributed by atoms with van der Waals surface area (Å²) in [6.07, 6.45) is 8.25. The van der Waals surface area contributed by atoms with Crippen LogP contribution in [0.3, 0.4) is 0 Å². The van der Waals surface area contributed by atoms with Gasteiger partial charge >= 0.3 is 0 Å². The van der Waals surface area contributed by atoms with Gasteiger partial charge in [0, 0.05) is 32.2 Å². The third kappa shape index (κ3) is 3.71. The van der Waals surface area contributed by atoms with Gasteiger partial charge in [0.25, 0.3) is 5.91 Å². The Kier molecular flexibility index (Phi) is 5.29. The summed E-state index contributed by atoms with van der Waals surface area (Å²) in [5.74, 6) is 1.75. The van der Waals surface area contributed by atoms with Crippen LogP contribution in [0.4, 0.5) is 0 Å². The van der Waals surface area contributed by atoms with Gasteiger partial charge in [-0.15, -0.1) is 11.6 Å². The molecule has 1 aliphatic carbocycles. The normalized spacial score (nSPS) is 39.8. The zero-order chi connectivity index (χ0) is 17.4. The van der Waals surface area contributed by atoms with Gasteiger partial charge in [0.2, 0.25) is 0 Å². The zero-order valence-electron chi connectivity index (χ0n) is 15.5. The Hall–Kier alpha value is -0.360. The highest BCUT2D eigenvalue weighted by Gasteiger charge is 2.47. The van der Waals surface area contributed by atoms with E-state index in [1.54, 1.807) is 0 Å². The number of nitrogens with one attached hydrogen (secondary N) is 2. The molecule has 0 bridgehead atoms. The van der Waals surface area contributed by atoms with Crippen LogP contribution < -0.4 is 10.9 Å². The van der Waals surface area contributed by atoms with E-state index < -0.39 is 5.38 Å². The Morgan fingerprint density at radius 3 is 2.64 bits per heavy atom. The van der Waals surface area contributed by atoms with E-state index in [9.17, 15) is 4.79 Å². The number of rotatable bonds is 3. The molecule has 142 valence electrons. The lowest BCUT2D eigenvalue weighted by Gasteiger charge is -2.56. The molecule has 0 radical (unpaired) electrons. The summed E-state index contributed by atoms with van der Waals surface area (Å²) in [6, 6.07) is 0.132. The molecule has 5 nitrogen and oxygen atoms in total. The molecule has 0 aromatic heterocycles. The number of piperidine rings is 1. The van der Waals surface area contributed by atoms with Gasteiger partial charge < -0.3 is 4.90 Å². The molecule has 0 aromatic rings. The zero-order valence-corrected chi connectivity index (χ0v) is 16.2. The number of hydrazine groups is 1. The Morgan fingerprint density at radius 2 is 1.92 bits per heavy atom. The van der Waals surface area contributed by atoms with E-state index in [1.807, 2.05) is 0 Å². The van der Waals surface area contributed by atoms with Crippen molar-refractivity contribution in [2.45, 2.75) is 56.9 Å². The van der Waals surface area contributed by atoms with E-state index in [-0.39, 0.29) is 11.9 Å². The highest BCUT2D eigenvalue weighted by Crippen LogP contribution is 2.42. The van der Waals surface area contributed by atoms with Crippen molar-refractivity contribution in [2.75, 3.05) is 39.3 Å². The number of carbonyl (C=O) groups excluding carboxylic acids is 1. The first kappa shape index (κ1) is 18.0. The van der Waals surface area contributed by atoms with Gasteiger partial charge in [-0.05, 0) is 49.6 Å². The maximum Gasteiger partial charge on any atom is 0.253 e. The summed E-state index contributed by atoms with van der Waals surface area (Å²) in [7, 11) is 0. The summed E-state index contributed by atoms with van der Waals surface area (Å²) < 4.78 is 0. The minimum absolute atomic E-state index is 0.0883. The number of hydrogen-bond donors (Lipinski definition) is 2. The molecule has 4 unspecified atom stereocenters. The van der Waals surface area contributed by atoms with Crippen molar-refractivity contribution in [3.63, 3.8) is 0 Å². The molecule has 3 aliphatic heterocycles. The SMILES string of the molecule is CC1CCCCC1CN1CC2(CCN(C3CNNC(=O)C3Cl)CC2)C1. The minimum atomic E-state index is -0.430. The molecule has 1 amide bonds. The van der Waals surface area contributed by atoms with E-state index in [1.165, 1.54) is 58.2 Å². The third-order valence-corrected chi connectivity index (χ3v) is 7.83. The van der Waals surface area contributed by atoms with E-state index in [0.29, 0.717) is 5.41 Å². The van der Waals surface area contributed by atoms with Crippen molar-refractivity contribution in [1.82, 2.24) is 20.7 Å². The standard InChI is InChI=1S/C19H33ClN4O/c1-14-4-2-3-5-15(14)11-23-12-19(13-23)6-8-24(9-7-19)16-10-21-22-18(25)17(16)20/h14-17,21H,2-13H2,1H3,(H,22,25). The Balaban J connectivity index is 1.24. The van der Waals surface area contributed by atoms with Crippen molar-refractivity contribution in [3.8, 4) is 0 Å². The molecule has 4 atom stereocenters. The molecule has 25 heavy (non-hydrogen) atoms. The van der Waals surface area contributed by atoms with Crippen LogP contribution >= 0.6 is 11.6 Å². The van der Waals surface area contributed by atoms with E-state index >= 15 is 0 Å². The second-order valence-electron chi connectivity index (χ2n) is 9.07. The maximum absolute atomic E-state index is 11.8. The van der Waals surface area contributed by atoms with Crippen LogP contribution in [0.2, 0.25) is 0 Å². The second-order valence-corrected chi connectivity index (χ2v) is 9.54. The molecule has 4 rings (SSSR count). The van der Waals surface area contributed by atoms with Gasteiger partial charge in [0.05, 0.1) is 0 Å². The largest absolute Gasteiger partial charge is 0.302 e. The van der Waals surface area contributed by atoms with Crippen molar-refractivity contribution in [2.24, 2.45) is 17.3 Å². The molecule has 3 heterocycles. The maximum atomic E-state index is 11.8. The van der Waals surface area contributed by atoms with Crippen LogP contribution in [0.5, 0.6) is 0 Å². The average molecular weight is 369 g/mol. The predicted octanol–water partition coefficient (Wildman–Crippen LogP) is 1.82. The van der Waals surface area contributed by atoms with Crippen molar-refractivity contribution >= 4 is 17.5 Å². The monoisotopic (exact) mass is 368 g/mol. The quantitative estimate of drug-likeness (QED) is 0.746. The highest BCUT2D eigenvalue weighted by molar-refractivity contribution is 6.31. The molecule has 0 aromatic carbocycles. The van der Waals surface area contributed by atoms with Crippen LogP contribution in [0.25, 0.3) is 0 Å². The molecule has 6 heteroatoms. The van der Waals surface area contributed by atoms with Crippen LogP contribution in [-0.2, 0) is 4.79 Å². The van der Waals surface area contributed by atoms with Gasteiger partial charge in [-0.2, -0.15) is 0 Å². The summed E-state index contributed by atoms with van der Waals surface area (Å²) >= 11 is 6.33. The number of nitrogens with zero attached hydrogens (tertiary/aromatic N) is 2. The topological polar surface area (TPSA) is 47.6 Å². The number of carbonyl (C=O) groups is 1. The summed E-state index contributed by atoms with van der Waals surface area (Å²) in [6.45, 7) is 9.26. The lowest BCUT2D eigenvalue weighted by molar-refractivity contribution is -0.125. The Labute approximate surface area is 156 Å². The third-order valence-electron chi connectivity index (χ3n) is 7.34. The molecule has 1 saturated carbocycles. The highest BCUT2D eigenvalue weighted by atomic mass is 35.5. The van der Waals surface area contributed by atoms with Crippen molar-refractivity contribution in [1.29, 1.82) is 0 Å². The fourth-order valence-electron chi connectivity index (χ4n) is 5.58. The van der Waals surface area contributed by atoms with E-state index in [2.05, 4.69) is 27.6 Å². The van der Waals surface area contributed by atoms with E-state index in [4.69, 9.17) is 11.6 Å². The molecule has 1 spiro atoms. The fourth-order valence-corrected chi connectivity index (χ4v) is 5.88. The van der Waals surface area contributed by atoms with Gasteiger partial charge in [-0.25, -0.2) is 5.43 Å². The van der Waals surface area contributed by atoms with Crippen molar-refractivity contribution < 1.29 is 4.79 Å². The second kappa shape index (κ2) is 7.34. The Morgan fingerprint density at radius 1 is 1.20 bits per heavy atom. The lowest BCUT2D eigenvalue weighted by atomic mass is 9.70. The lowest BCUT2D eigenvalue weighted by Crippen LogP contribution is -2.66. The summed E-state index contributed by atoms with van der Waals surface area (Å²) in [5, 5.41) is -0.430. The summed E-state index contributed by atoms with van der Waals surface area (Å²) in [5.41, 5.74) is 6.16. The predicted molar refractivity (Wildman–Crippen MR) is 100 cm³/mol. The first-order valence-corrected chi connectivity index (χ1v) is 10.6. The molecule has 2 N–H and O–H groups in total. The first-order chi connectivity index (χ1) is 12.1. The molecule has 3 saturated heterocycles. The number of hydrogen-bond acceptors (Lipinski definition) is 4. The smallest absolute Gasteiger partial charge is 0.253 e. The van der Waals surface area contributed by atoms with Crippen LogP contribution in [0.1, 0.15) is 45.4 Å². The minimum Gasteiger partial charge on any atom is -0.302 e. The van der Waals surface area contributed by atoms with Gasteiger partial charge in [0.15, 0.2) is 0 Å². The van der Waals surface area contributed by atoms with Gasteiger partial charge in [-0.3, -0.25) is 15.1 Å². The van der Waals surface area contributed by atoms with Gasteiger partial charge in [-0.1, -0.05) is 26.2 Å². The average Bonchev–Trinajstić information content (AvgIpc) is 2.59. The van der Waals surface area contributed by atoms with Crippen LogP contribution in [0, 0.1) is 17.3 Å². The first-order valence-electron chi connectivity index (χ1n) is 10.2. The summed E-state index contributed by atoms with van der Waals surface area (Å²) in [4.78, 5) is 16.9. The Bertz CT molecular complexity index is 486. The van der Waals surface area contributed by atoms with E-state index in [0.717, 1.165) is 31.5 Å². The molecule has 4 fully saturated rings. The molecular formula is C19H33ClN4O. The number of likely N-dealkylation sites (tertiary alicyclic amines) is 2. The molecular weight excluding hydrogens is 336 g/mol. The number of halogens is 1. The van der Waals surface area contributed by atoms with Crippen molar-refractivity contribution in [3.05, 3.63) is 0 Å². The number of alkyl halides is 1. The van der Waals surface area contributed by atoms with Crippen LogP contribution in [0.15, 0.2) is 0 Å². The fraction of sp³-hybridized carbons (Fsp3) is 0.947. The van der Waals surface area contributed by atoms with Crippen LogP contribution in [-0.4, -0.2) is 66.4 Å².